The number of benzene rings is 1. The summed E-state index contributed by atoms with van der Waals surface area (Å²) in [5.41, 5.74) is 6.89. The molecule has 0 radical (unpaired) electrons. The Morgan fingerprint density at radius 1 is 1.30 bits per heavy atom. The van der Waals surface area contributed by atoms with E-state index in [4.69, 9.17) is 4.42 Å². The maximum atomic E-state index is 10.0. The third-order valence-electron chi connectivity index (χ3n) is 5.90. The molecule has 0 amide bonds. The first kappa shape index (κ1) is 18.1. The lowest BCUT2D eigenvalue weighted by molar-refractivity contribution is 0.159. The van der Waals surface area contributed by atoms with Gasteiger partial charge in [0.25, 0.3) is 6.01 Å². The summed E-state index contributed by atoms with van der Waals surface area (Å²) in [5.74, 6) is 1.47. The summed E-state index contributed by atoms with van der Waals surface area (Å²) in [6.07, 6.45) is 7.58. The van der Waals surface area contributed by atoms with E-state index in [1.807, 2.05) is 13.0 Å². The maximum Gasteiger partial charge on any atom is 0.299 e. The van der Waals surface area contributed by atoms with E-state index in [2.05, 4.69) is 42.0 Å². The van der Waals surface area contributed by atoms with E-state index in [9.17, 15) is 5.11 Å². The molecule has 0 saturated heterocycles. The van der Waals surface area contributed by atoms with Gasteiger partial charge in [-0.3, -0.25) is 0 Å². The lowest BCUT2D eigenvalue weighted by atomic mass is 9.85. The van der Waals surface area contributed by atoms with Crippen LogP contribution in [0.2, 0.25) is 0 Å². The molecular formula is C23H28N2O2. The highest BCUT2D eigenvalue weighted by Gasteiger charge is 2.22. The molecule has 1 aromatic heterocycles. The number of hydrogen-bond acceptors (Lipinski definition) is 4. The Balaban J connectivity index is 1.56. The summed E-state index contributed by atoms with van der Waals surface area (Å²) < 4.78 is 6.10. The molecule has 0 saturated carbocycles. The molecule has 27 heavy (non-hydrogen) atoms. The predicted octanol–water partition coefficient (Wildman–Crippen LogP) is 5.34. The molecule has 0 spiro atoms. The Labute approximate surface area is 161 Å². The van der Waals surface area contributed by atoms with Gasteiger partial charge >= 0.3 is 0 Å². The van der Waals surface area contributed by atoms with Gasteiger partial charge in [-0.1, -0.05) is 30.4 Å². The maximum absolute atomic E-state index is 10.0. The Morgan fingerprint density at radius 3 is 2.89 bits per heavy atom. The minimum Gasteiger partial charge on any atom is -0.423 e. The van der Waals surface area contributed by atoms with Gasteiger partial charge in [0.15, 0.2) is 5.76 Å². The molecule has 1 aromatic carbocycles. The van der Waals surface area contributed by atoms with Crippen LogP contribution in [0.15, 0.2) is 40.8 Å². The van der Waals surface area contributed by atoms with Crippen LogP contribution in [0.25, 0.3) is 5.57 Å². The number of rotatable bonds is 4. The molecule has 0 aliphatic heterocycles. The van der Waals surface area contributed by atoms with Crippen molar-refractivity contribution in [2.24, 2.45) is 5.92 Å². The third-order valence-corrected chi connectivity index (χ3v) is 5.90. The first-order valence-corrected chi connectivity index (χ1v) is 9.89. The van der Waals surface area contributed by atoms with Gasteiger partial charge in [0.05, 0.1) is 11.8 Å². The molecular weight excluding hydrogens is 336 g/mol. The largest absolute Gasteiger partial charge is 0.423 e. The van der Waals surface area contributed by atoms with Crippen LogP contribution < -0.4 is 5.32 Å². The summed E-state index contributed by atoms with van der Waals surface area (Å²) in [5, 5.41) is 13.4. The zero-order valence-corrected chi connectivity index (χ0v) is 16.2. The summed E-state index contributed by atoms with van der Waals surface area (Å²) in [6.45, 7) is 8.21. The van der Waals surface area contributed by atoms with Crippen LogP contribution in [0.4, 0.5) is 11.7 Å². The second-order valence-corrected chi connectivity index (χ2v) is 7.95. The molecule has 2 N–H and O–H groups in total. The number of aliphatic hydroxyl groups excluding tert-OH is 1. The monoisotopic (exact) mass is 364 g/mol. The minimum atomic E-state index is -0.268. The van der Waals surface area contributed by atoms with Crippen LogP contribution in [0.1, 0.15) is 55.2 Å². The Bertz CT molecular complexity index is 894. The Morgan fingerprint density at radius 2 is 2.15 bits per heavy atom. The summed E-state index contributed by atoms with van der Waals surface area (Å²) >= 11 is 0. The normalized spacial score (nSPS) is 22.1. The number of aromatic nitrogens is 1. The first-order valence-electron chi connectivity index (χ1n) is 9.89. The van der Waals surface area contributed by atoms with E-state index in [0.717, 1.165) is 49.2 Å². The van der Waals surface area contributed by atoms with Crippen molar-refractivity contribution in [2.75, 3.05) is 5.32 Å². The van der Waals surface area contributed by atoms with Gasteiger partial charge in [0.1, 0.15) is 0 Å². The molecule has 2 aliphatic carbocycles. The number of hydrogen-bond donors (Lipinski definition) is 2. The average molecular weight is 364 g/mol. The molecule has 2 aromatic rings. The van der Waals surface area contributed by atoms with Crippen molar-refractivity contribution in [2.45, 2.75) is 58.5 Å². The number of oxazole rings is 1. The fraction of sp³-hybridized carbons (Fsp3) is 0.435. The number of allylic oxidation sites excluding steroid dienone is 3. The predicted molar refractivity (Wildman–Crippen MR) is 109 cm³/mol. The van der Waals surface area contributed by atoms with Crippen LogP contribution in [-0.2, 0) is 12.8 Å². The lowest BCUT2D eigenvalue weighted by Gasteiger charge is -2.23. The quantitative estimate of drug-likeness (QED) is 0.719. The Hall–Kier alpha value is -2.33. The van der Waals surface area contributed by atoms with Crippen LogP contribution in [0.5, 0.6) is 0 Å². The zero-order chi connectivity index (χ0) is 19.0. The molecule has 0 bridgehead atoms. The van der Waals surface area contributed by atoms with Gasteiger partial charge in [-0.05, 0) is 74.6 Å². The fourth-order valence-electron chi connectivity index (χ4n) is 4.24. The van der Waals surface area contributed by atoms with E-state index in [-0.39, 0.29) is 6.10 Å². The van der Waals surface area contributed by atoms with Crippen molar-refractivity contribution < 1.29 is 9.52 Å². The van der Waals surface area contributed by atoms with Gasteiger partial charge in [-0.15, -0.1) is 0 Å². The first-order chi connectivity index (χ1) is 13.0. The highest BCUT2D eigenvalue weighted by Crippen LogP contribution is 2.36. The fourth-order valence-corrected chi connectivity index (χ4v) is 4.24. The van der Waals surface area contributed by atoms with Gasteiger partial charge in [0.2, 0.25) is 0 Å². The van der Waals surface area contributed by atoms with E-state index >= 15 is 0 Å². The summed E-state index contributed by atoms with van der Waals surface area (Å²) in [6, 6.07) is 6.76. The zero-order valence-electron chi connectivity index (χ0n) is 16.2. The second-order valence-electron chi connectivity index (χ2n) is 7.95. The molecule has 142 valence electrons. The van der Waals surface area contributed by atoms with Crippen molar-refractivity contribution in [3.05, 3.63) is 59.0 Å². The SMILES string of the molecule is C=C(C)C1CC=C(c2oc(Nc3cccc4c3CC(O)CC4)nc2C)CC1. The molecule has 2 aliphatic rings. The number of aryl methyl sites for hydroxylation is 2. The minimum absolute atomic E-state index is 0.268. The molecule has 4 rings (SSSR count). The molecule has 1 heterocycles. The van der Waals surface area contributed by atoms with Crippen LogP contribution in [0, 0.1) is 12.8 Å². The molecule has 4 heteroatoms. The van der Waals surface area contributed by atoms with E-state index in [1.54, 1.807) is 0 Å². The average Bonchev–Trinajstić information content (AvgIpc) is 3.02. The van der Waals surface area contributed by atoms with E-state index in [1.165, 1.54) is 22.3 Å². The van der Waals surface area contributed by atoms with E-state index < -0.39 is 0 Å². The van der Waals surface area contributed by atoms with Crippen molar-refractivity contribution in [3.63, 3.8) is 0 Å². The molecule has 0 fully saturated rings. The van der Waals surface area contributed by atoms with E-state index in [0.29, 0.717) is 18.4 Å². The van der Waals surface area contributed by atoms with Crippen LogP contribution in [0.3, 0.4) is 0 Å². The Kier molecular flexibility index (Phi) is 4.92. The summed E-state index contributed by atoms with van der Waals surface area (Å²) in [4.78, 5) is 4.60. The lowest BCUT2D eigenvalue weighted by Crippen LogP contribution is -2.19. The summed E-state index contributed by atoms with van der Waals surface area (Å²) in [7, 11) is 0. The standard InChI is InChI=1S/C23H28N2O2/c1-14(2)16-7-9-18(10-8-16)22-15(3)24-23(27-22)25-21-6-4-5-17-11-12-19(26)13-20(17)21/h4-6,9,16,19,26H,1,7-8,10-13H2,2-3H3,(H,24,25). The third kappa shape index (κ3) is 3.72. The number of aliphatic hydroxyl groups is 1. The molecule has 2 unspecified atom stereocenters. The van der Waals surface area contributed by atoms with Gasteiger partial charge in [-0.25, -0.2) is 0 Å². The van der Waals surface area contributed by atoms with Crippen molar-refractivity contribution in [1.29, 1.82) is 0 Å². The van der Waals surface area contributed by atoms with Gasteiger partial charge in [-0.2, -0.15) is 4.98 Å². The van der Waals surface area contributed by atoms with Crippen LogP contribution in [-0.4, -0.2) is 16.2 Å². The number of nitrogens with one attached hydrogen (secondary N) is 1. The molecule has 2 atom stereocenters. The number of nitrogens with zero attached hydrogens (tertiary/aromatic N) is 1. The van der Waals surface area contributed by atoms with Gasteiger partial charge in [0, 0.05) is 12.1 Å². The van der Waals surface area contributed by atoms with Gasteiger partial charge < -0.3 is 14.8 Å². The smallest absolute Gasteiger partial charge is 0.299 e. The topological polar surface area (TPSA) is 58.3 Å². The van der Waals surface area contributed by atoms with Crippen molar-refractivity contribution >= 4 is 17.3 Å². The van der Waals surface area contributed by atoms with Crippen LogP contribution >= 0.6 is 0 Å². The molecule has 4 nitrogen and oxygen atoms in total. The van der Waals surface area contributed by atoms with Crippen molar-refractivity contribution in [1.82, 2.24) is 4.98 Å². The number of fused-ring (bicyclic) bond motifs is 1. The number of anilines is 2. The second kappa shape index (κ2) is 7.35. The highest BCUT2D eigenvalue weighted by molar-refractivity contribution is 5.67. The highest BCUT2D eigenvalue weighted by atomic mass is 16.4. The van der Waals surface area contributed by atoms with Crippen molar-refractivity contribution in [3.8, 4) is 0 Å².